The van der Waals surface area contributed by atoms with Crippen LogP contribution in [0.25, 0.3) is 0 Å². The SMILES string of the molecule is CCN(CC)C(=O)Oc1ccc(N=Nc2cc(O)c(N)nc2N)cc1. The van der Waals surface area contributed by atoms with Crippen LogP contribution in [0.15, 0.2) is 40.6 Å². The number of hydrogen-bond donors (Lipinski definition) is 3. The Morgan fingerprint density at radius 2 is 1.80 bits per heavy atom. The van der Waals surface area contributed by atoms with Gasteiger partial charge in [-0.3, -0.25) is 0 Å². The molecule has 132 valence electrons. The van der Waals surface area contributed by atoms with Crippen LogP contribution in [0.4, 0.5) is 27.8 Å². The van der Waals surface area contributed by atoms with Crippen molar-refractivity contribution in [3.63, 3.8) is 0 Å². The van der Waals surface area contributed by atoms with Crippen molar-refractivity contribution in [3.8, 4) is 11.5 Å². The van der Waals surface area contributed by atoms with E-state index in [0.29, 0.717) is 24.5 Å². The number of ether oxygens (including phenoxy) is 1. The van der Waals surface area contributed by atoms with Gasteiger partial charge < -0.3 is 26.2 Å². The van der Waals surface area contributed by atoms with Gasteiger partial charge in [0, 0.05) is 19.2 Å². The van der Waals surface area contributed by atoms with Crippen LogP contribution in [0.2, 0.25) is 0 Å². The van der Waals surface area contributed by atoms with Crippen molar-refractivity contribution in [2.45, 2.75) is 13.8 Å². The summed E-state index contributed by atoms with van der Waals surface area (Å²) >= 11 is 0. The molecule has 0 aliphatic carbocycles. The summed E-state index contributed by atoms with van der Waals surface area (Å²) in [6, 6.07) is 7.77. The van der Waals surface area contributed by atoms with E-state index in [0.717, 1.165) is 0 Å². The zero-order valence-electron chi connectivity index (χ0n) is 14.0. The van der Waals surface area contributed by atoms with Crippen molar-refractivity contribution in [3.05, 3.63) is 30.3 Å². The van der Waals surface area contributed by atoms with Gasteiger partial charge in [0.05, 0.1) is 5.69 Å². The van der Waals surface area contributed by atoms with Crippen molar-refractivity contribution < 1.29 is 14.6 Å². The summed E-state index contributed by atoms with van der Waals surface area (Å²) in [7, 11) is 0. The molecule has 2 rings (SSSR count). The highest BCUT2D eigenvalue weighted by atomic mass is 16.6. The van der Waals surface area contributed by atoms with E-state index in [1.165, 1.54) is 6.07 Å². The molecule has 0 bridgehead atoms. The number of hydrogen-bond acceptors (Lipinski definition) is 8. The predicted octanol–water partition coefficient (Wildman–Crippen LogP) is 3.21. The third kappa shape index (κ3) is 4.56. The number of aromatic hydroxyl groups is 1. The van der Waals surface area contributed by atoms with E-state index in [2.05, 4.69) is 15.2 Å². The fourth-order valence-corrected chi connectivity index (χ4v) is 1.94. The molecule has 2 aromatic rings. The van der Waals surface area contributed by atoms with Gasteiger partial charge in [-0.05, 0) is 38.1 Å². The Kier molecular flexibility index (Phi) is 5.72. The third-order valence-electron chi connectivity index (χ3n) is 3.38. The first-order valence-corrected chi connectivity index (χ1v) is 7.68. The molecule has 1 aromatic carbocycles. The van der Waals surface area contributed by atoms with E-state index in [1.54, 1.807) is 29.2 Å². The number of azo groups is 1. The average Bonchev–Trinajstić information content (AvgIpc) is 2.59. The number of anilines is 2. The van der Waals surface area contributed by atoms with Crippen molar-refractivity contribution in [1.29, 1.82) is 0 Å². The maximum atomic E-state index is 11.9. The number of rotatable bonds is 5. The number of carbonyl (C=O) groups is 1. The monoisotopic (exact) mass is 344 g/mol. The van der Waals surface area contributed by atoms with Gasteiger partial charge in [-0.1, -0.05) is 0 Å². The Morgan fingerprint density at radius 1 is 1.16 bits per heavy atom. The second-order valence-electron chi connectivity index (χ2n) is 5.03. The molecule has 1 aromatic heterocycles. The maximum absolute atomic E-state index is 11.9. The Bertz CT molecular complexity index is 772. The van der Waals surface area contributed by atoms with Gasteiger partial charge in [0.1, 0.15) is 11.4 Å². The fraction of sp³-hybridized carbons (Fsp3) is 0.250. The van der Waals surface area contributed by atoms with E-state index >= 15 is 0 Å². The van der Waals surface area contributed by atoms with Crippen LogP contribution in [0.3, 0.4) is 0 Å². The molecule has 0 radical (unpaired) electrons. The second kappa shape index (κ2) is 7.95. The Morgan fingerprint density at radius 3 is 2.40 bits per heavy atom. The fourth-order valence-electron chi connectivity index (χ4n) is 1.94. The number of pyridine rings is 1. The van der Waals surface area contributed by atoms with E-state index < -0.39 is 6.09 Å². The van der Waals surface area contributed by atoms with E-state index in [9.17, 15) is 9.90 Å². The van der Waals surface area contributed by atoms with Crippen LogP contribution >= 0.6 is 0 Å². The molecule has 0 aliphatic rings. The number of aromatic nitrogens is 1. The lowest BCUT2D eigenvalue weighted by molar-refractivity contribution is 0.157. The Balaban J connectivity index is 2.08. The molecule has 0 saturated heterocycles. The highest BCUT2D eigenvalue weighted by Crippen LogP contribution is 2.30. The molecular formula is C16H20N6O3. The van der Waals surface area contributed by atoms with Gasteiger partial charge in [-0.15, -0.1) is 5.11 Å². The number of benzene rings is 1. The lowest BCUT2D eigenvalue weighted by atomic mass is 10.3. The standard InChI is InChI=1S/C16H20N6O3/c1-3-22(4-2)16(24)25-11-7-5-10(6-8-11)20-21-12-9-13(23)15(18)19-14(12)17/h5-9,23H,3-4H2,1-2H3,(H4,17,18,19). The first-order valence-electron chi connectivity index (χ1n) is 7.68. The number of amides is 1. The van der Waals surface area contributed by atoms with Gasteiger partial charge in [-0.25, -0.2) is 9.78 Å². The first kappa shape index (κ1) is 18.0. The predicted molar refractivity (Wildman–Crippen MR) is 94.3 cm³/mol. The largest absolute Gasteiger partial charge is 0.504 e. The lowest BCUT2D eigenvalue weighted by Gasteiger charge is -2.17. The van der Waals surface area contributed by atoms with Crippen LogP contribution < -0.4 is 16.2 Å². The van der Waals surface area contributed by atoms with E-state index in [1.807, 2.05) is 13.8 Å². The van der Waals surface area contributed by atoms with Crippen LogP contribution in [0.5, 0.6) is 11.5 Å². The third-order valence-corrected chi connectivity index (χ3v) is 3.38. The van der Waals surface area contributed by atoms with Gasteiger partial charge in [0.2, 0.25) is 0 Å². The minimum atomic E-state index is -0.407. The topological polar surface area (TPSA) is 139 Å². The minimum absolute atomic E-state index is 0.0591. The molecular weight excluding hydrogens is 324 g/mol. The molecule has 5 N–H and O–H groups in total. The Hall–Kier alpha value is -3.36. The molecule has 1 amide bonds. The highest BCUT2D eigenvalue weighted by molar-refractivity contribution is 5.70. The number of nitrogen functional groups attached to an aromatic ring is 2. The summed E-state index contributed by atoms with van der Waals surface area (Å²) in [6.45, 7) is 4.91. The van der Waals surface area contributed by atoms with Gasteiger partial charge in [0.15, 0.2) is 17.4 Å². The zero-order valence-corrected chi connectivity index (χ0v) is 14.0. The van der Waals surface area contributed by atoms with Crippen molar-refractivity contribution in [2.24, 2.45) is 10.2 Å². The van der Waals surface area contributed by atoms with Gasteiger partial charge in [0.25, 0.3) is 0 Å². The summed E-state index contributed by atoms with van der Waals surface area (Å²) in [5.41, 5.74) is 11.8. The highest BCUT2D eigenvalue weighted by Gasteiger charge is 2.11. The summed E-state index contributed by atoms with van der Waals surface area (Å²) in [4.78, 5) is 17.2. The molecule has 25 heavy (non-hydrogen) atoms. The van der Waals surface area contributed by atoms with Crippen LogP contribution in [0.1, 0.15) is 13.8 Å². The summed E-state index contributed by atoms with van der Waals surface area (Å²) in [5, 5.41) is 17.5. The summed E-state index contributed by atoms with van der Waals surface area (Å²) in [5.74, 6) is 0.170. The first-order chi connectivity index (χ1) is 11.9. The Labute approximate surface area is 144 Å². The molecule has 0 unspecified atom stereocenters. The maximum Gasteiger partial charge on any atom is 0.415 e. The van der Waals surface area contributed by atoms with Crippen LogP contribution in [-0.2, 0) is 0 Å². The molecule has 9 nitrogen and oxygen atoms in total. The minimum Gasteiger partial charge on any atom is -0.504 e. The molecule has 0 saturated carbocycles. The van der Waals surface area contributed by atoms with Crippen molar-refractivity contribution in [2.75, 3.05) is 24.6 Å². The average molecular weight is 344 g/mol. The molecule has 0 aliphatic heterocycles. The van der Waals surface area contributed by atoms with Crippen molar-refractivity contribution in [1.82, 2.24) is 9.88 Å². The summed E-state index contributed by atoms with van der Waals surface area (Å²) < 4.78 is 5.26. The normalized spacial score (nSPS) is 10.8. The molecule has 1 heterocycles. The molecule has 0 spiro atoms. The number of nitrogens with zero attached hydrogens (tertiary/aromatic N) is 4. The van der Waals surface area contributed by atoms with Crippen molar-refractivity contribution >= 4 is 29.1 Å². The van der Waals surface area contributed by atoms with E-state index in [4.69, 9.17) is 16.2 Å². The number of nitrogens with two attached hydrogens (primary N) is 2. The smallest absolute Gasteiger partial charge is 0.415 e. The molecule has 9 heteroatoms. The molecule has 0 fully saturated rings. The quantitative estimate of drug-likeness (QED) is 0.711. The van der Waals surface area contributed by atoms with Gasteiger partial charge in [-0.2, -0.15) is 5.11 Å². The lowest BCUT2D eigenvalue weighted by Crippen LogP contribution is -2.33. The number of carbonyl (C=O) groups excluding carboxylic acids is 1. The van der Waals surface area contributed by atoms with Crippen LogP contribution in [0, 0.1) is 0 Å². The second-order valence-corrected chi connectivity index (χ2v) is 5.03. The van der Waals surface area contributed by atoms with Gasteiger partial charge >= 0.3 is 6.09 Å². The molecule has 0 atom stereocenters. The van der Waals surface area contributed by atoms with E-state index in [-0.39, 0.29) is 23.1 Å². The van der Waals surface area contributed by atoms with Crippen LogP contribution in [-0.4, -0.2) is 34.2 Å². The zero-order chi connectivity index (χ0) is 18.4. The summed E-state index contributed by atoms with van der Waals surface area (Å²) in [6.07, 6.45) is -0.407.